The van der Waals surface area contributed by atoms with Crippen molar-refractivity contribution in [2.75, 3.05) is 21.2 Å². The maximum Gasteiger partial charge on any atom is 0.220 e. The van der Waals surface area contributed by atoms with Gasteiger partial charge in [0.1, 0.15) is 5.75 Å². The van der Waals surface area contributed by atoms with Gasteiger partial charge >= 0.3 is 0 Å². The predicted molar refractivity (Wildman–Crippen MR) is 120 cm³/mol. The first-order valence-corrected chi connectivity index (χ1v) is 11.0. The number of rotatable bonds is 8. The van der Waals surface area contributed by atoms with Crippen LogP contribution in [0.3, 0.4) is 0 Å². The number of quaternary nitrogens is 1. The van der Waals surface area contributed by atoms with Gasteiger partial charge < -0.3 is 9.64 Å². The number of carbonyl (C=O) groups is 2. The number of methoxy groups -OCH3 is 1. The van der Waals surface area contributed by atoms with E-state index >= 15 is 0 Å². The van der Waals surface area contributed by atoms with E-state index in [4.69, 9.17) is 4.74 Å². The maximum atomic E-state index is 13.4. The molecule has 160 valence electrons. The van der Waals surface area contributed by atoms with Crippen LogP contribution in [0.2, 0.25) is 0 Å². The Bertz CT molecular complexity index is 880. The molecule has 0 unspecified atom stereocenters. The van der Waals surface area contributed by atoms with Crippen LogP contribution in [0.15, 0.2) is 42.5 Å². The molecular formula is C26H34NO3+. The van der Waals surface area contributed by atoms with Crippen LogP contribution in [0.1, 0.15) is 76.8 Å². The van der Waals surface area contributed by atoms with E-state index in [1.165, 1.54) is 37.7 Å². The SMILES string of the molecule is COc1ccc(C(C)=O)cc1C[C@@H](C(=O)c1ccc(C2CCCCC2)cc1)[NH+](C)C. The molecule has 2 aromatic rings. The van der Waals surface area contributed by atoms with Crippen LogP contribution in [0, 0.1) is 0 Å². The first kappa shape index (κ1) is 22.2. The number of ketones is 2. The lowest BCUT2D eigenvalue weighted by Gasteiger charge is -2.23. The third kappa shape index (κ3) is 5.17. The normalized spacial score (nSPS) is 15.8. The van der Waals surface area contributed by atoms with E-state index in [-0.39, 0.29) is 17.6 Å². The van der Waals surface area contributed by atoms with E-state index in [0.29, 0.717) is 23.7 Å². The van der Waals surface area contributed by atoms with Gasteiger partial charge in [0.25, 0.3) is 0 Å². The second-order valence-corrected chi connectivity index (χ2v) is 8.74. The fourth-order valence-corrected chi connectivity index (χ4v) is 4.49. The number of nitrogens with one attached hydrogen (secondary N) is 1. The molecule has 0 radical (unpaired) electrons. The van der Waals surface area contributed by atoms with Gasteiger partial charge in [-0.2, -0.15) is 0 Å². The van der Waals surface area contributed by atoms with Crippen molar-refractivity contribution < 1.29 is 19.2 Å². The third-order valence-corrected chi connectivity index (χ3v) is 6.40. The highest BCUT2D eigenvalue weighted by Gasteiger charge is 2.28. The fraction of sp³-hybridized carbons (Fsp3) is 0.462. The molecule has 1 fully saturated rings. The summed E-state index contributed by atoms with van der Waals surface area (Å²) in [5.74, 6) is 1.49. The molecule has 0 saturated heterocycles. The molecule has 0 spiro atoms. The Hall–Kier alpha value is -2.46. The zero-order valence-corrected chi connectivity index (χ0v) is 18.7. The average Bonchev–Trinajstić information content (AvgIpc) is 2.77. The summed E-state index contributed by atoms with van der Waals surface area (Å²) in [7, 11) is 5.62. The molecule has 4 nitrogen and oxygen atoms in total. The lowest BCUT2D eigenvalue weighted by atomic mass is 9.83. The standard InChI is InChI=1S/C26H33NO3/c1-18(28)22-14-15-25(30-4)23(16-22)17-24(27(2)3)26(29)21-12-10-20(11-13-21)19-8-6-5-7-9-19/h10-16,19,24H,5-9,17H2,1-4H3/p+1/t24-/m0/s1. The van der Waals surface area contributed by atoms with Crippen molar-refractivity contribution in [1.82, 2.24) is 0 Å². The van der Waals surface area contributed by atoms with Gasteiger partial charge in [0, 0.05) is 23.1 Å². The van der Waals surface area contributed by atoms with Crippen LogP contribution >= 0.6 is 0 Å². The van der Waals surface area contributed by atoms with Gasteiger partial charge in [-0.25, -0.2) is 0 Å². The highest BCUT2D eigenvalue weighted by Crippen LogP contribution is 2.32. The Morgan fingerprint density at radius 1 is 1.00 bits per heavy atom. The Morgan fingerprint density at radius 3 is 2.20 bits per heavy atom. The van der Waals surface area contributed by atoms with Crippen LogP contribution < -0.4 is 9.64 Å². The van der Waals surface area contributed by atoms with E-state index in [1.54, 1.807) is 20.1 Å². The lowest BCUT2D eigenvalue weighted by Crippen LogP contribution is -3.11. The largest absolute Gasteiger partial charge is 0.496 e. The van der Waals surface area contributed by atoms with Crippen molar-refractivity contribution >= 4 is 11.6 Å². The number of hydrogen-bond donors (Lipinski definition) is 1. The zero-order valence-electron chi connectivity index (χ0n) is 18.7. The van der Waals surface area contributed by atoms with Crippen molar-refractivity contribution in [2.45, 2.75) is 57.4 Å². The number of benzene rings is 2. The number of ether oxygens (including phenoxy) is 1. The topological polar surface area (TPSA) is 47.8 Å². The predicted octanol–water partition coefficient (Wildman–Crippen LogP) is 3.88. The summed E-state index contributed by atoms with van der Waals surface area (Å²) in [6.07, 6.45) is 6.98. The van der Waals surface area contributed by atoms with Gasteiger partial charge in [0.05, 0.1) is 21.2 Å². The number of hydrogen-bond acceptors (Lipinski definition) is 3. The van der Waals surface area contributed by atoms with Gasteiger partial charge in [-0.3, -0.25) is 9.59 Å². The Labute approximate surface area is 180 Å². The molecule has 4 heteroatoms. The molecule has 1 atom stereocenters. The van der Waals surface area contributed by atoms with Crippen LogP contribution in [-0.2, 0) is 6.42 Å². The van der Waals surface area contributed by atoms with Gasteiger partial charge in [0.15, 0.2) is 11.8 Å². The van der Waals surface area contributed by atoms with Crippen molar-refractivity contribution in [2.24, 2.45) is 0 Å². The molecule has 1 aliphatic carbocycles. The van der Waals surface area contributed by atoms with Crippen molar-refractivity contribution in [3.05, 3.63) is 64.7 Å². The van der Waals surface area contributed by atoms with E-state index in [9.17, 15) is 9.59 Å². The van der Waals surface area contributed by atoms with Crippen LogP contribution in [0.5, 0.6) is 5.75 Å². The second-order valence-electron chi connectivity index (χ2n) is 8.74. The van der Waals surface area contributed by atoms with Gasteiger partial charge in [0.2, 0.25) is 5.78 Å². The van der Waals surface area contributed by atoms with E-state index in [2.05, 4.69) is 12.1 Å². The molecule has 2 aromatic carbocycles. The summed E-state index contributed by atoms with van der Waals surface area (Å²) in [5.41, 5.74) is 3.64. The first-order chi connectivity index (χ1) is 14.4. The number of likely N-dealkylation sites (N-methyl/N-ethyl adjacent to an activating group) is 1. The highest BCUT2D eigenvalue weighted by atomic mass is 16.5. The fourth-order valence-electron chi connectivity index (χ4n) is 4.49. The van der Waals surface area contributed by atoms with E-state index in [1.807, 2.05) is 38.4 Å². The highest BCUT2D eigenvalue weighted by molar-refractivity contribution is 5.99. The summed E-state index contributed by atoms with van der Waals surface area (Å²) in [4.78, 5) is 26.3. The molecule has 3 rings (SSSR count). The van der Waals surface area contributed by atoms with Crippen molar-refractivity contribution in [3.8, 4) is 5.75 Å². The van der Waals surface area contributed by atoms with E-state index in [0.717, 1.165) is 16.0 Å². The molecule has 0 aliphatic heterocycles. The minimum Gasteiger partial charge on any atom is -0.496 e. The zero-order chi connectivity index (χ0) is 21.7. The Kier molecular flexibility index (Phi) is 7.43. The molecular weight excluding hydrogens is 374 g/mol. The molecule has 0 bridgehead atoms. The second kappa shape index (κ2) is 10.0. The summed E-state index contributed by atoms with van der Waals surface area (Å²) in [5, 5.41) is 0. The third-order valence-electron chi connectivity index (χ3n) is 6.40. The van der Waals surface area contributed by atoms with Crippen LogP contribution in [-0.4, -0.2) is 38.8 Å². The molecule has 0 aromatic heterocycles. The summed E-state index contributed by atoms with van der Waals surface area (Å²) in [6.45, 7) is 1.55. The van der Waals surface area contributed by atoms with E-state index < -0.39 is 0 Å². The van der Waals surface area contributed by atoms with Gasteiger partial charge in [-0.1, -0.05) is 43.5 Å². The molecule has 30 heavy (non-hydrogen) atoms. The first-order valence-electron chi connectivity index (χ1n) is 11.0. The Morgan fingerprint density at radius 2 is 1.63 bits per heavy atom. The van der Waals surface area contributed by atoms with Crippen LogP contribution in [0.4, 0.5) is 0 Å². The van der Waals surface area contributed by atoms with Crippen LogP contribution in [0.25, 0.3) is 0 Å². The monoisotopic (exact) mass is 408 g/mol. The Balaban J connectivity index is 1.82. The van der Waals surface area contributed by atoms with Crippen molar-refractivity contribution in [3.63, 3.8) is 0 Å². The summed E-state index contributed by atoms with van der Waals surface area (Å²) < 4.78 is 5.50. The number of carbonyl (C=O) groups excluding carboxylic acids is 2. The molecule has 1 saturated carbocycles. The van der Waals surface area contributed by atoms with Gasteiger partial charge in [-0.15, -0.1) is 0 Å². The lowest BCUT2D eigenvalue weighted by molar-refractivity contribution is -0.874. The summed E-state index contributed by atoms with van der Waals surface area (Å²) >= 11 is 0. The molecule has 0 heterocycles. The summed E-state index contributed by atoms with van der Waals surface area (Å²) in [6, 6.07) is 13.5. The molecule has 1 aliphatic rings. The number of Topliss-reactive ketones (excluding diaryl/α,β-unsaturated/α-hetero) is 2. The molecule has 1 N–H and O–H groups in total. The minimum atomic E-state index is -0.248. The molecule has 0 amide bonds. The van der Waals surface area contributed by atoms with Gasteiger partial charge in [-0.05, 0) is 49.4 Å². The maximum absolute atomic E-state index is 13.4. The average molecular weight is 409 g/mol. The smallest absolute Gasteiger partial charge is 0.220 e. The minimum absolute atomic E-state index is 0.0114. The quantitative estimate of drug-likeness (QED) is 0.674. The van der Waals surface area contributed by atoms with Crippen molar-refractivity contribution in [1.29, 1.82) is 0 Å².